The van der Waals surface area contributed by atoms with E-state index in [0.29, 0.717) is 0 Å². The first-order valence-electron chi connectivity index (χ1n) is 7.08. The van der Waals surface area contributed by atoms with Crippen molar-refractivity contribution in [1.29, 1.82) is 0 Å². The van der Waals surface area contributed by atoms with Crippen molar-refractivity contribution in [2.45, 2.75) is 71.1 Å². The smallest absolute Gasteiger partial charge is 0.0110 e. The van der Waals surface area contributed by atoms with Crippen molar-refractivity contribution in [3.63, 3.8) is 0 Å². The summed E-state index contributed by atoms with van der Waals surface area (Å²) >= 11 is 2.42. The molecule has 0 spiro atoms. The molecule has 0 saturated heterocycles. The van der Waals surface area contributed by atoms with Gasteiger partial charge in [0.25, 0.3) is 0 Å². The Morgan fingerprint density at radius 1 is 1.06 bits per heavy atom. The van der Waals surface area contributed by atoms with Gasteiger partial charge in [-0.2, -0.15) is 0 Å². The predicted octanol–water partition coefficient (Wildman–Crippen LogP) is 6.10. The van der Waals surface area contributed by atoms with Crippen LogP contribution in [0, 0.1) is 11.8 Å². The summed E-state index contributed by atoms with van der Waals surface area (Å²) in [7, 11) is 0. The number of hydrogen-bond acceptors (Lipinski definition) is 0. The van der Waals surface area contributed by atoms with Crippen LogP contribution in [-0.4, -0.2) is 0 Å². The molecule has 0 atom stereocenters. The van der Waals surface area contributed by atoms with Crippen LogP contribution in [-0.2, 0) is 0 Å². The standard InChI is InChI=1S/C15H27I/c1-3-4-5-6-7-8-14-9-11-15(12-10-14)13(2)16/h14-15H,2-12H2,1H3. The molecule has 0 radical (unpaired) electrons. The quantitative estimate of drug-likeness (QED) is 0.390. The van der Waals surface area contributed by atoms with Gasteiger partial charge in [0.1, 0.15) is 0 Å². The van der Waals surface area contributed by atoms with E-state index in [9.17, 15) is 0 Å². The van der Waals surface area contributed by atoms with Crippen molar-refractivity contribution in [1.82, 2.24) is 0 Å². The van der Waals surface area contributed by atoms with E-state index in [4.69, 9.17) is 0 Å². The van der Waals surface area contributed by atoms with Crippen LogP contribution in [0.25, 0.3) is 0 Å². The molecule has 0 heterocycles. The zero-order chi connectivity index (χ0) is 11.8. The maximum Gasteiger partial charge on any atom is -0.0110 e. The highest BCUT2D eigenvalue weighted by Crippen LogP contribution is 2.36. The molecule has 0 bridgehead atoms. The second-order valence-electron chi connectivity index (χ2n) is 5.37. The highest BCUT2D eigenvalue weighted by atomic mass is 127. The summed E-state index contributed by atoms with van der Waals surface area (Å²) in [6.07, 6.45) is 14.4. The van der Waals surface area contributed by atoms with Crippen molar-refractivity contribution in [2.75, 3.05) is 0 Å². The van der Waals surface area contributed by atoms with Crippen LogP contribution >= 0.6 is 22.6 Å². The van der Waals surface area contributed by atoms with E-state index in [2.05, 4.69) is 36.1 Å². The molecule has 0 aromatic rings. The van der Waals surface area contributed by atoms with Gasteiger partial charge in [-0.1, -0.05) is 52.0 Å². The molecule has 0 N–H and O–H groups in total. The van der Waals surface area contributed by atoms with Crippen LogP contribution in [0.2, 0.25) is 0 Å². The van der Waals surface area contributed by atoms with Gasteiger partial charge in [-0.3, -0.25) is 0 Å². The van der Waals surface area contributed by atoms with Gasteiger partial charge in [-0.15, -0.1) is 0 Å². The largest absolute Gasteiger partial charge is 0.0894 e. The van der Waals surface area contributed by atoms with E-state index >= 15 is 0 Å². The molecule has 1 fully saturated rings. The molecule has 0 aromatic carbocycles. The van der Waals surface area contributed by atoms with Crippen molar-refractivity contribution in [3.05, 3.63) is 10.2 Å². The van der Waals surface area contributed by atoms with Crippen LogP contribution < -0.4 is 0 Å². The van der Waals surface area contributed by atoms with E-state index in [-0.39, 0.29) is 0 Å². The average Bonchev–Trinajstić information content (AvgIpc) is 2.29. The van der Waals surface area contributed by atoms with Gasteiger partial charge in [-0.25, -0.2) is 0 Å². The molecule has 1 aliphatic carbocycles. The molecule has 1 aliphatic rings. The third kappa shape index (κ3) is 5.70. The van der Waals surface area contributed by atoms with Gasteiger partial charge in [0.2, 0.25) is 0 Å². The maximum absolute atomic E-state index is 4.09. The third-order valence-electron chi connectivity index (χ3n) is 4.01. The summed E-state index contributed by atoms with van der Waals surface area (Å²) in [5, 5.41) is 0. The Balaban J connectivity index is 2.02. The minimum Gasteiger partial charge on any atom is -0.0894 e. The number of rotatable bonds is 7. The Hall–Kier alpha value is 0.470. The Morgan fingerprint density at radius 3 is 2.25 bits per heavy atom. The lowest BCUT2D eigenvalue weighted by Gasteiger charge is -2.28. The molecule has 1 rings (SSSR count). The molecule has 1 heteroatoms. The van der Waals surface area contributed by atoms with Crippen LogP contribution in [0.4, 0.5) is 0 Å². The van der Waals surface area contributed by atoms with Crippen molar-refractivity contribution >= 4 is 22.6 Å². The van der Waals surface area contributed by atoms with Crippen LogP contribution in [0.1, 0.15) is 71.1 Å². The van der Waals surface area contributed by atoms with Gasteiger partial charge in [0.05, 0.1) is 0 Å². The second-order valence-corrected chi connectivity index (χ2v) is 6.75. The molecule has 0 aliphatic heterocycles. The number of hydrogen-bond donors (Lipinski definition) is 0. The molecule has 94 valence electrons. The maximum atomic E-state index is 4.09. The van der Waals surface area contributed by atoms with Gasteiger partial charge >= 0.3 is 0 Å². The number of unbranched alkanes of at least 4 members (excludes halogenated alkanes) is 4. The summed E-state index contributed by atoms with van der Waals surface area (Å²) in [4.78, 5) is 0. The lowest BCUT2D eigenvalue weighted by molar-refractivity contribution is 0.288. The Bertz CT molecular complexity index is 190. The van der Waals surface area contributed by atoms with E-state index in [1.165, 1.54) is 67.8 Å². The van der Waals surface area contributed by atoms with Crippen LogP contribution in [0.5, 0.6) is 0 Å². The van der Waals surface area contributed by atoms with Crippen LogP contribution in [0.3, 0.4) is 0 Å². The Kier molecular flexibility index (Phi) is 7.76. The predicted molar refractivity (Wildman–Crippen MR) is 82.0 cm³/mol. The number of halogens is 1. The first-order valence-corrected chi connectivity index (χ1v) is 8.16. The fraction of sp³-hybridized carbons (Fsp3) is 0.867. The van der Waals surface area contributed by atoms with E-state index in [0.717, 1.165) is 11.8 Å². The zero-order valence-electron chi connectivity index (χ0n) is 10.8. The normalized spacial score (nSPS) is 25.6. The average molecular weight is 334 g/mol. The zero-order valence-corrected chi connectivity index (χ0v) is 13.0. The molecule has 0 aromatic heterocycles. The number of allylic oxidation sites excluding steroid dienone is 1. The minimum atomic E-state index is 0.831. The summed E-state index contributed by atoms with van der Waals surface area (Å²) in [6, 6.07) is 0. The fourth-order valence-electron chi connectivity index (χ4n) is 2.80. The van der Waals surface area contributed by atoms with E-state index in [1.54, 1.807) is 0 Å². The molecule has 0 amide bonds. The Morgan fingerprint density at radius 2 is 1.69 bits per heavy atom. The third-order valence-corrected chi connectivity index (χ3v) is 4.89. The summed E-state index contributed by atoms with van der Waals surface area (Å²) in [5.41, 5.74) is 0. The highest BCUT2D eigenvalue weighted by molar-refractivity contribution is 14.1. The summed E-state index contributed by atoms with van der Waals surface area (Å²) in [5.74, 6) is 1.87. The Labute approximate surface area is 115 Å². The first-order chi connectivity index (χ1) is 7.74. The van der Waals surface area contributed by atoms with E-state index in [1.807, 2.05) is 0 Å². The molecule has 1 saturated carbocycles. The van der Waals surface area contributed by atoms with Gasteiger partial charge in [0.15, 0.2) is 0 Å². The molecule has 0 unspecified atom stereocenters. The van der Waals surface area contributed by atoms with Crippen molar-refractivity contribution < 1.29 is 0 Å². The molecule has 16 heavy (non-hydrogen) atoms. The molecular weight excluding hydrogens is 307 g/mol. The van der Waals surface area contributed by atoms with E-state index < -0.39 is 0 Å². The fourth-order valence-corrected chi connectivity index (χ4v) is 3.42. The van der Waals surface area contributed by atoms with Gasteiger partial charge in [0, 0.05) is 0 Å². The summed E-state index contributed by atoms with van der Waals surface area (Å²) < 4.78 is 1.39. The van der Waals surface area contributed by atoms with Crippen molar-refractivity contribution in [2.24, 2.45) is 11.8 Å². The van der Waals surface area contributed by atoms with Crippen molar-refractivity contribution in [3.8, 4) is 0 Å². The van der Waals surface area contributed by atoms with Crippen LogP contribution in [0.15, 0.2) is 10.2 Å². The second kappa shape index (κ2) is 8.54. The minimum absolute atomic E-state index is 0.831. The van der Waals surface area contributed by atoms with Gasteiger partial charge in [-0.05, 0) is 63.7 Å². The van der Waals surface area contributed by atoms with Gasteiger partial charge < -0.3 is 0 Å². The molecule has 0 nitrogen and oxygen atoms in total. The monoisotopic (exact) mass is 334 g/mol. The SMILES string of the molecule is C=C(I)C1CCC(CCCCCCC)CC1. The topological polar surface area (TPSA) is 0 Å². The lowest BCUT2D eigenvalue weighted by Crippen LogP contribution is -2.14. The molecular formula is C15H27I. The highest BCUT2D eigenvalue weighted by Gasteiger charge is 2.21. The summed E-state index contributed by atoms with van der Waals surface area (Å²) in [6.45, 7) is 6.38. The first kappa shape index (κ1) is 14.5. The lowest BCUT2D eigenvalue weighted by atomic mass is 9.80.